The van der Waals surface area contributed by atoms with E-state index in [0.29, 0.717) is 0 Å². The lowest BCUT2D eigenvalue weighted by Gasteiger charge is -2.05. The minimum Gasteiger partial charge on any atom is -0.481 e. The van der Waals surface area contributed by atoms with Gasteiger partial charge in [0.05, 0.1) is 20.0 Å². The van der Waals surface area contributed by atoms with E-state index in [1.165, 1.54) is 0 Å². The summed E-state index contributed by atoms with van der Waals surface area (Å²) < 4.78 is 31.1. The monoisotopic (exact) mass is 244 g/mol. The Morgan fingerprint density at radius 3 is 2.06 bits per heavy atom. The topological polar surface area (TPSA) is 63.6 Å². The van der Waals surface area contributed by atoms with Crippen molar-refractivity contribution >= 4 is 11.9 Å². The lowest BCUT2D eigenvalue weighted by molar-refractivity contribution is -0.140. The van der Waals surface area contributed by atoms with Crippen molar-refractivity contribution in [1.82, 2.24) is 0 Å². The van der Waals surface area contributed by atoms with Crippen LogP contribution in [-0.4, -0.2) is 24.2 Å². The Labute approximate surface area is 95.8 Å². The van der Waals surface area contributed by atoms with Gasteiger partial charge in [-0.05, 0) is 12.1 Å². The summed E-state index contributed by atoms with van der Waals surface area (Å²) in [6.45, 7) is 0. The fourth-order valence-electron chi connectivity index (χ4n) is 1.29. The molecule has 1 N–H and O–H groups in total. The van der Waals surface area contributed by atoms with E-state index in [-0.39, 0.29) is 11.1 Å². The SMILES string of the molecule is COC(=O)Cc1cc(F)c(CC(=O)O)cc1F. The summed E-state index contributed by atoms with van der Waals surface area (Å²) in [5.41, 5.74) is -0.424. The van der Waals surface area contributed by atoms with Crippen LogP contribution in [-0.2, 0) is 27.2 Å². The van der Waals surface area contributed by atoms with E-state index >= 15 is 0 Å². The van der Waals surface area contributed by atoms with E-state index in [1.54, 1.807) is 0 Å². The van der Waals surface area contributed by atoms with Gasteiger partial charge >= 0.3 is 11.9 Å². The quantitative estimate of drug-likeness (QED) is 0.811. The Hall–Kier alpha value is -1.98. The summed E-state index contributed by atoms with van der Waals surface area (Å²) in [7, 11) is 1.13. The molecule has 0 bridgehead atoms. The minimum atomic E-state index is -1.26. The van der Waals surface area contributed by atoms with E-state index in [1.807, 2.05) is 0 Å². The van der Waals surface area contributed by atoms with Crippen LogP contribution in [0.15, 0.2) is 12.1 Å². The molecule has 0 spiro atoms. The van der Waals surface area contributed by atoms with Crippen molar-refractivity contribution in [2.24, 2.45) is 0 Å². The van der Waals surface area contributed by atoms with Gasteiger partial charge in [-0.3, -0.25) is 9.59 Å². The maximum Gasteiger partial charge on any atom is 0.310 e. The van der Waals surface area contributed by atoms with E-state index in [9.17, 15) is 18.4 Å². The molecule has 17 heavy (non-hydrogen) atoms. The molecule has 0 saturated heterocycles. The van der Waals surface area contributed by atoms with Crippen LogP contribution in [0.5, 0.6) is 0 Å². The number of rotatable bonds is 4. The van der Waals surface area contributed by atoms with Crippen molar-refractivity contribution in [3.05, 3.63) is 34.9 Å². The lowest BCUT2D eigenvalue weighted by Crippen LogP contribution is -2.09. The molecule has 0 radical (unpaired) electrons. The number of carbonyl (C=O) groups excluding carboxylic acids is 1. The van der Waals surface area contributed by atoms with Gasteiger partial charge in [-0.25, -0.2) is 8.78 Å². The molecule has 0 aliphatic heterocycles. The average molecular weight is 244 g/mol. The largest absolute Gasteiger partial charge is 0.481 e. The number of carboxylic acids is 1. The van der Waals surface area contributed by atoms with Gasteiger partial charge in [0.2, 0.25) is 0 Å². The number of halogens is 2. The Morgan fingerprint density at radius 2 is 1.65 bits per heavy atom. The van der Waals surface area contributed by atoms with E-state index in [2.05, 4.69) is 4.74 Å². The second-order valence-electron chi connectivity index (χ2n) is 3.36. The standard InChI is InChI=1S/C11H10F2O4/c1-17-11(16)5-7-3-8(12)6(2-9(7)13)4-10(14)15/h2-3H,4-5H2,1H3,(H,14,15). The Balaban J connectivity index is 3.00. The average Bonchev–Trinajstić information content (AvgIpc) is 2.24. The Kier molecular flexibility index (Phi) is 4.14. The number of carbonyl (C=O) groups is 2. The van der Waals surface area contributed by atoms with Crippen molar-refractivity contribution in [2.45, 2.75) is 12.8 Å². The predicted molar refractivity (Wildman–Crippen MR) is 53.4 cm³/mol. The van der Waals surface area contributed by atoms with Gasteiger partial charge in [-0.1, -0.05) is 0 Å². The van der Waals surface area contributed by atoms with E-state index in [4.69, 9.17) is 5.11 Å². The van der Waals surface area contributed by atoms with E-state index in [0.717, 1.165) is 19.2 Å². The highest BCUT2D eigenvalue weighted by Crippen LogP contribution is 2.16. The number of carboxylic acid groups (broad SMARTS) is 1. The number of hydrogen-bond acceptors (Lipinski definition) is 3. The van der Waals surface area contributed by atoms with Gasteiger partial charge < -0.3 is 9.84 Å². The van der Waals surface area contributed by atoms with Crippen LogP contribution < -0.4 is 0 Å². The number of esters is 1. The molecular weight excluding hydrogens is 234 g/mol. The molecule has 0 unspecified atom stereocenters. The van der Waals surface area contributed by atoms with Crippen LogP contribution in [0.3, 0.4) is 0 Å². The van der Waals surface area contributed by atoms with Crippen molar-refractivity contribution < 1.29 is 28.2 Å². The number of aliphatic carboxylic acids is 1. The van der Waals surface area contributed by atoms with Gasteiger partial charge in [-0.2, -0.15) is 0 Å². The molecule has 0 aromatic heterocycles. The van der Waals surface area contributed by atoms with Gasteiger partial charge in [-0.15, -0.1) is 0 Å². The number of ether oxygens (including phenoxy) is 1. The maximum atomic E-state index is 13.4. The van der Waals surface area contributed by atoms with Crippen LogP contribution in [0.25, 0.3) is 0 Å². The number of hydrogen-bond donors (Lipinski definition) is 1. The second kappa shape index (κ2) is 5.38. The second-order valence-corrected chi connectivity index (χ2v) is 3.36. The molecule has 0 saturated carbocycles. The first-order chi connectivity index (χ1) is 7.93. The van der Waals surface area contributed by atoms with Crippen molar-refractivity contribution in [1.29, 1.82) is 0 Å². The Morgan fingerprint density at radius 1 is 1.18 bits per heavy atom. The molecule has 92 valence electrons. The molecule has 0 fully saturated rings. The summed E-state index contributed by atoms with van der Waals surface area (Å²) >= 11 is 0. The van der Waals surface area contributed by atoms with Crippen molar-refractivity contribution in [2.75, 3.05) is 7.11 Å². The molecule has 1 rings (SSSR count). The van der Waals surface area contributed by atoms with Crippen LogP contribution in [0.1, 0.15) is 11.1 Å². The minimum absolute atomic E-state index is 0.163. The van der Waals surface area contributed by atoms with Gasteiger partial charge in [0.1, 0.15) is 11.6 Å². The first kappa shape index (κ1) is 13.1. The molecule has 1 aromatic carbocycles. The number of benzene rings is 1. The summed E-state index contributed by atoms with van der Waals surface area (Å²) in [6.07, 6.45) is -1.01. The Bertz CT molecular complexity index is 457. The summed E-state index contributed by atoms with van der Waals surface area (Å²) in [5.74, 6) is -3.64. The van der Waals surface area contributed by atoms with Crippen LogP contribution in [0, 0.1) is 11.6 Å². The fraction of sp³-hybridized carbons (Fsp3) is 0.273. The van der Waals surface area contributed by atoms with Gasteiger partial charge in [0.25, 0.3) is 0 Å². The smallest absolute Gasteiger partial charge is 0.310 e. The zero-order valence-corrected chi connectivity index (χ0v) is 9.00. The normalized spacial score (nSPS) is 10.1. The molecule has 0 aliphatic rings. The zero-order chi connectivity index (χ0) is 13.0. The number of methoxy groups -OCH3 is 1. The predicted octanol–water partition coefficient (Wildman–Crippen LogP) is 1.31. The van der Waals surface area contributed by atoms with E-state index < -0.39 is 36.4 Å². The third-order valence-electron chi connectivity index (χ3n) is 2.12. The maximum absolute atomic E-state index is 13.4. The highest BCUT2D eigenvalue weighted by Gasteiger charge is 2.14. The highest BCUT2D eigenvalue weighted by molar-refractivity contribution is 5.73. The highest BCUT2D eigenvalue weighted by atomic mass is 19.1. The van der Waals surface area contributed by atoms with Gasteiger partial charge in [0.15, 0.2) is 0 Å². The molecule has 0 amide bonds. The van der Waals surface area contributed by atoms with Crippen LogP contribution in [0.2, 0.25) is 0 Å². The summed E-state index contributed by atoms with van der Waals surface area (Å²) in [5, 5.41) is 8.47. The third kappa shape index (κ3) is 3.51. The van der Waals surface area contributed by atoms with Crippen molar-refractivity contribution in [3.8, 4) is 0 Å². The molecular formula is C11H10F2O4. The first-order valence-electron chi connectivity index (χ1n) is 4.69. The van der Waals surface area contributed by atoms with Crippen LogP contribution >= 0.6 is 0 Å². The van der Waals surface area contributed by atoms with Crippen LogP contribution in [0.4, 0.5) is 8.78 Å². The molecule has 6 heteroatoms. The molecule has 0 aliphatic carbocycles. The first-order valence-corrected chi connectivity index (χ1v) is 4.69. The molecule has 1 aromatic rings. The third-order valence-corrected chi connectivity index (χ3v) is 2.12. The lowest BCUT2D eigenvalue weighted by atomic mass is 10.1. The molecule has 0 heterocycles. The van der Waals surface area contributed by atoms with Crippen molar-refractivity contribution in [3.63, 3.8) is 0 Å². The fourth-order valence-corrected chi connectivity index (χ4v) is 1.29. The zero-order valence-electron chi connectivity index (χ0n) is 9.00. The van der Waals surface area contributed by atoms with Gasteiger partial charge in [0, 0.05) is 11.1 Å². The summed E-state index contributed by atoms with van der Waals surface area (Å²) in [4.78, 5) is 21.3. The molecule has 0 atom stereocenters. The summed E-state index contributed by atoms with van der Waals surface area (Å²) in [6, 6.07) is 1.59. The molecule has 4 nitrogen and oxygen atoms in total.